The fraction of sp³-hybridized carbons (Fsp3) is 0.375. The molecule has 1 aliphatic heterocycles. The molecule has 1 fully saturated rings. The highest BCUT2D eigenvalue weighted by atomic mass is 32.1. The van der Waals surface area contributed by atoms with Crippen molar-refractivity contribution in [2.45, 2.75) is 38.1 Å². The lowest BCUT2D eigenvalue weighted by Crippen LogP contribution is -2.43. The first kappa shape index (κ1) is 14.2. The van der Waals surface area contributed by atoms with Crippen molar-refractivity contribution >= 4 is 17.2 Å². The average molecular weight is 304 g/mol. The van der Waals surface area contributed by atoms with Crippen LogP contribution in [0.2, 0.25) is 0 Å². The molecular formula is C16H17FN2OS. The Bertz CT molecular complexity index is 653. The van der Waals surface area contributed by atoms with E-state index in [1.807, 2.05) is 5.38 Å². The first-order valence-electron chi connectivity index (χ1n) is 7.12. The Morgan fingerprint density at radius 2 is 2.14 bits per heavy atom. The predicted molar refractivity (Wildman–Crippen MR) is 81.6 cm³/mol. The fourth-order valence-electron chi connectivity index (χ4n) is 2.76. The van der Waals surface area contributed by atoms with Crippen LogP contribution < -0.4 is 5.32 Å². The molecule has 1 unspecified atom stereocenters. The minimum absolute atomic E-state index is 0.130. The second-order valence-electron chi connectivity index (χ2n) is 5.51. The van der Waals surface area contributed by atoms with Crippen LogP contribution in [0.25, 0.3) is 10.6 Å². The zero-order valence-electron chi connectivity index (χ0n) is 11.9. The van der Waals surface area contributed by atoms with Gasteiger partial charge in [0, 0.05) is 29.3 Å². The fourth-order valence-corrected chi connectivity index (χ4v) is 3.58. The molecule has 110 valence electrons. The molecule has 2 heterocycles. The molecular weight excluding hydrogens is 287 g/mol. The summed E-state index contributed by atoms with van der Waals surface area (Å²) in [7, 11) is 0. The van der Waals surface area contributed by atoms with Crippen LogP contribution in [-0.2, 0) is 11.2 Å². The predicted octanol–water partition coefficient (Wildman–Crippen LogP) is 3.55. The minimum atomic E-state index is -0.242. The number of nitrogens with one attached hydrogen (secondary N) is 1. The number of thiazole rings is 1. The van der Waals surface area contributed by atoms with Gasteiger partial charge in [0.05, 0.1) is 5.69 Å². The number of nitrogens with zero attached hydrogens (tertiary/aromatic N) is 1. The summed E-state index contributed by atoms with van der Waals surface area (Å²) in [5.74, 6) is -0.111. The van der Waals surface area contributed by atoms with Crippen molar-refractivity contribution in [3.05, 3.63) is 41.2 Å². The third-order valence-electron chi connectivity index (χ3n) is 4.07. The molecule has 21 heavy (non-hydrogen) atoms. The summed E-state index contributed by atoms with van der Waals surface area (Å²) in [6.45, 7) is 2.10. The molecule has 3 rings (SSSR count). The summed E-state index contributed by atoms with van der Waals surface area (Å²) in [4.78, 5) is 16.1. The van der Waals surface area contributed by atoms with Crippen molar-refractivity contribution in [3.8, 4) is 10.6 Å². The van der Waals surface area contributed by atoms with Gasteiger partial charge in [-0.1, -0.05) is 6.92 Å². The van der Waals surface area contributed by atoms with Crippen molar-refractivity contribution in [2.24, 2.45) is 0 Å². The van der Waals surface area contributed by atoms with E-state index in [2.05, 4.69) is 17.2 Å². The first-order chi connectivity index (χ1) is 10.1. The summed E-state index contributed by atoms with van der Waals surface area (Å²) < 4.78 is 13.0. The van der Waals surface area contributed by atoms with Gasteiger partial charge in [-0.05, 0) is 37.1 Å². The number of benzene rings is 1. The third kappa shape index (κ3) is 2.97. The van der Waals surface area contributed by atoms with Crippen LogP contribution in [0.1, 0.15) is 31.9 Å². The van der Waals surface area contributed by atoms with Crippen LogP contribution in [0.15, 0.2) is 29.6 Å². The molecule has 3 nitrogen and oxygen atoms in total. The number of rotatable bonds is 4. The maximum atomic E-state index is 13.0. The SMILES string of the molecule is CCC1(Cc2csc(-c3ccc(F)cc3)n2)CCC(=O)N1. The maximum absolute atomic E-state index is 13.0. The van der Waals surface area contributed by atoms with E-state index in [0.717, 1.165) is 35.5 Å². The number of hydrogen-bond acceptors (Lipinski definition) is 3. The third-order valence-corrected chi connectivity index (χ3v) is 5.01. The molecule has 1 amide bonds. The highest BCUT2D eigenvalue weighted by Gasteiger charge is 2.36. The lowest BCUT2D eigenvalue weighted by atomic mass is 9.89. The van der Waals surface area contributed by atoms with Gasteiger partial charge < -0.3 is 5.32 Å². The highest BCUT2D eigenvalue weighted by Crippen LogP contribution is 2.30. The smallest absolute Gasteiger partial charge is 0.220 e. The van der Waals surface area contributed by atoms with Crippen molar-refractivity contribution in [1.82, 2.24) is 10.3 Å². The van der Waals surface area contributed by atoms with Gasteiger partial charge in [-0.25, -0.2) is 9.37 Å². The molecule has 5 heteroatoms. The Balaban J connectivity index is 1.79. The highest BCUT2D eigenvalue weighted by molar-refractivity contribution is 7.13. The van der Waals surface area contributed by atoms with Crippen LogP contribution in [0.3, 0.4) is 0 Å². The number of carbonyl (C=O) groups is 1. The number of aromatic nitrogens is 1. The van der Waals surface area contributed by atoms with Gasteiger partial charge in [0.25, 0.3) is 0 Å². The molecule has 1 aliphatic rings. The minimum Gasteiger partial charge on any atom is -0.350 e. The molecule has 1 saturated heterocycles. The van der Waals surface area contributed by atoms with Crippen LogP contribution in [0, 0.1) is 5.82 Å². The molecule has 1 N–H and O–H groups in total. The zero-order chi connectivity index (χ0) is 14.9. The molecule has 1 aromatic heterocycles. The van der Waals surface area contributed by atoms with Gasteiger partial charge in [-0.3, -0.25) is 4.79 Å². The summed E-state index contributed by atoms with van der Waals surface area (Å²) in [5, 5.41) is 6.02. The largest absolute Gasteiger partial charge is 0.350 e. The summed E-state index contributed by atoms with van der Waals surface area (Å²) in [6.07, 6.45) is 3.13. The van der Waals surface area contributed by atoms with Gasteiger partial charge in [-0.2, -0.15) is 0 Å². The van der Waals surface area contributed by atoms with Gasteiger partial charge in [-0.15, -0.1) is 11.3 Å². The van der Waals surface area contributed by atoms with Crippen LogP contribution >= 0.6 is 11.3 Å². The van der Waals surface area contributed by atoms with Crippen molar-refractivity contribution in [1.29, 1.82) is 0 Å². The van der Waals surface area contributed by atoms with Crippen LogP contribution in [0.4, 0.5) is 4.39 Å². The summed E-state index contributed by atoms with van der Waals surface area (Å²) in [5.41, 5.74) is 1.77. The zero-order valence-corrected chi connectivity index (χ0v) is 12.7. The summed E-state index contributed by atoms with van der Waals surface area (Å²) in [6, 6.07) is 6.37. The summed E-state index contributed by atoms with van der Waals surface area (Å²) >= 11 is 1.56. The van der Waals surface area contributed by atoms with Gasteiger partial charge >= 0.3 is 0 Å². The van der Waals surface area contributed by atoms with E-state index < -0.39 is 0 Å². The van der Waals surface area contributed by atoms with Crippen molar-refractivity contribution < 1.29 is 9.18 Å². The Morgan fingerprint density at radius 1 is 1.38 bits per heavy atom. The van der Waals surface area contributed by atoms with Crippen molar-refractivity contribution in [2.75, 3.05) is 0 Å². The van der Waals surface area contributed by atoms with Crippen molar-refractivity contribution in [3.63, 3.8) is 0 Å². The Morgan fingerprint density at radius 3 is 2.76 bits per heavy atom. The van der Waals surface area contributed by atoms with E-state index in [1.165, 1.54) is 12.1 Å². The number of halogens is 1. The first-order valence-corrected chi connectivity index (χ1v) is 7.99. The molecule has 2 aromatic rings. The van der Waals surface area contributed by atoms with Crippen LogP contribution in [0.5, 0.6) is 0 Å². The molecule has 0 aliphatic carbocycles. The number of hydrogen-bond donors (Lipinski definition) is 1. The molecule has 0 bridgehead atoms. The Hall–Kier alpha value is -1.75. The lowest BCUT2D eigenvalue weighted by Gasteiger charge is -2.26. The second-order valence-corrected chi connectivity index (χ2v) is 6.37. The van der Waals surface area contributed by atoms with E-state index >= 15 is 0 Å². The van der Waals surface area contributed by atoms with E-state index in [9.17, 15) is 9.18 Å². The van der Waals surface area contributed by atoms with Gasteiger partial charge in [0.2, 0.25) is 5.91 Å². The normalized spacial score (nSPS) is 21.5. The molecule has 1 atom stereocenters. The standard InChI is InChI=1S/C16H17FN2OS/c1-2-16(8-7-14(20)19-16)9-13-10-21-15(18-13)11-3-5-12(17)6-4-11/h3-6,10H,2,7-9H2,1H3,(H,19,20). The Labute approximate surface area is 127 Å². The Kier molecular flexibility index (Phi) is 3.76. The van der Waals surface area contributed by atoms with E-state index in [1.54, 1.807) is 23.5 Å². The quantitative estimate of drug-likeness (QED) is 0.938. The lowest BCUT2D eigenvalue weighted by molar-refractivity contribution is -0.119. The maximum Gasteiger partial charge on any atom is 0.220 e. The number of carbonyl (C=O) groups excluding carboxylic acids is 1. The molecule has 0 spiro atoms. The van der Waals surface area contributed by atoms with E-state index in [0.29, 0.717) is 6.42 Å². The monoisotopic (exact) mass is 304 g/mol. The van der Waals surface area contributed by atoms with Gasteiger partial charge in [0.15, 0.2) is 0 Å². The van der Waals surface area contributed by atoms with Crippen LogP contribution in [-0.4, -0.2) is 16.4 Å². The molecule has 1 aromatic carbocycles. The number of amides is 1. The topological polar surface area (TPSA) is 42.0 Å². The molecule has 0 radical (unpaired) electrons. The second kappa shape index (κ2) is 5.56. The molecule has 0 saturated carbocycles. The average Bonchev–Trinajstić information content (AvgIpc) is 3.08. The van der Waals surface area contributed by atoms with E-state index in [4.69, 9.17) is 0 Å². The van der Waals surface area contributed by atoms with Gasteiger partial charge in [0.1, 0.15) is 10.8 Å². The van der Waals surface area contributed by atoms with E-state index in [-0.39, 0.29) is 17.3 Å².